The molecule has 0 fully saturated rings. The Morgan fingerprint density at radius 1 is 1.26 bits per heavy atom. The van der Waals surface area contributed by atoms with Gasteiger partial charge in [-0.2, -0.15) is 0 Å². The van der Waals surface area contributed by atoms with Crippen molar-refractivity contribution in [2.24, 2.45) is 0 Å². The summed E-state index contributed by atoms with van der Waals surface area (Å²) < 4.78 is 11.2. The third kappa shape index (κ3) is 3.91. The molecule has 0 unspecified atom stereocenters. The molecule has 6 heteroatoms. The van der Waals surface area contributed by atoms with Gasteiger partial charge in [-0.3, -0.25) is 0 Å². The van der Waals surface area contributed by atoms with E-state index in [1.807, 2.05) is 47.8 Å². The molecule has 1 aromatic carbocycles. The van der Waals surface area contributed by atoms with Gasteiger partial charge >= 0.3 is 6.03 Å². The topological polar surface area (TPSA) is 63.5 Å². The number of fused-ring (bicyclic) bond motifs is 1. The number of carbonyl (C=O) groups excluding carboxylic acids is 1. The predicted molar refractivity (Wildman–Crippen MR) is 90.5 cm³/mol. The van der Waals surface area contributed by atoms with Crippen molar-refractivity contribution in [1.82, 2.24) is 10.6 Å². The number of thiophene rings is 1. The second-order valence-corrected chi connectivity index (χ2v) is 6.09. The van der Waals surface area contributed by atoms with Gasteiger partial charge in [0.2, 0.25) is 0 Å². The molecule has 0 saturated heterocycles. The van der Waals surface area contributed by atoms with Crippen molar-refractivity contribution in [3.63, 3.8) is 0 Å². The van der Waals surface area contributed by atoms with Gasteiger partial charge in [0.05, 0.1) is 13.1 Å². The number of urea groups is 1. The highest BCUT2D eigenvalue weighted by Crippen LogP contribution is 2.25. The highest BCUT2D eigenvalue weighted by Gasteiger charge is 2.16. The van der Waals surface area contributed by atoms with Crippen molar-refractivity contribution in [1.29, 1.82) is 0 Å². The highest BCUT2D eigenvalue weighted by atomic mass is 32.1. The van der Waals surface area contributed by atoms with Crippen LogP contribution in [0.4, 0.5) is 4.79 Å². The number of methoxy groups -OCH3 is 1. The fourth-order valence-corrected chi connectivity index (χ4v) is 2.93. The van der Waals surface area contributed by atoms with E-state index in [2.05, 4.69) is 10.6 Å². The van der Waals surface area contributed by atoms with Crippen LogP contribution in [0.1, 0.15) is 16.7 Å². The summed E-state index contributed by atoms with van der Waals surface area (Å²) in [7, 11) is 1.60. The SMILES string of the molecule is CO[C@@H](CNC(=O)NCc1cccs1)c1cc2ccccc2o1. The number of benzene rings is 1. The number of rotatable bonds is 6. The number of furan rings is 1. The minimum Gasteiger partial charge on any atom is -0.458 e. The van der Waals surface area contributed by atoms with Crippen LogP contribution in [0.2, 0.25) is 0 Å². The molecule has 0 spiro atoms. The van der Waals surface area contributed by atoms with Crippen molar-refractivity contribution in [3.8, 4) is 0 Å². The summed E-state index contributed by atoms with van der Waals surface area (Å²) in [5.41, 5.74) is 0.812. The average molecular weight is 330 g/mol. The molecular weight excluding hydrogens is 312 g/mol. The molecule has 0 aliphatic carbocycles. The van der Waals surface area contributed by atoms with Gasteiger partial charge in [0.25, 0.3) is 0 Å². The molecule has 2 amide bonds. The van der Waals surface area contributed by atoms with Crippen molar-refractivity contribution < 1.29 is 13.9 Å². The third-order valence-electron chi connectivity index (χ3n) is 3.50. The summed E-state index contributed by atoms with van der Waals surface area (Å²) in [5, 5.41) is 8.63. The molecule has 23 heavy (non-hydrogen) atoms. The third-order valence-corrected chi connectivity index (χ3v) is 4.37. The zero-order valence-electron chi connectivity index (χ0n) is 12.7. The Bertz CT molecular complexity index is 734. The Morgan fingerprint density at radius 3 is 2.87 bits per heavy atom. The quantitative estimate of drug-likeness (QED) is 0.724. The summed E-state index contributed by atoms with van der Waals surface area (Å²) in [4.78, 5) is 13.0. The molecule has 5 nitrogen and oxygen atoms in total. The number of hydrogen-bond acceptors (Lipinski definition) is 4. The lowest BCUT2D eigenvalue weighted by molar-refractivity contribution is 0.0865. The summed E-state index contributed by atoms with van der Waals surface area (Å²) in [6.45, 7) is 0.860. The first-order valence-electron chi connectivity index (χ1n) is 7.31. The number of para-hydroxylation sites is 1. The minimum absolute atomic E-state index is 0.225. The highest BCUT2D eigenvalue weighted by molar-refractivity contribution is 7.09. The van der Waals surface area contributed by atoms with Gasteiger partial charge in [-0.25, -0.2) is 4.79 Å². The van der Waals surface area contributed by atoms with E-state index in [0.29, 0.717) is 18.8 Å². The Balaban J connectivity index is 1.55. The lowest BCUT2D eigenvalue weighted by Crippen LogP contribution is -2.37. The van der Waals surface area contributed by atoms with Crippen LogP contribution in [-0.4, -0.2) is 19.7 Å². The van der Waals surface area contributed by atoms with E-state index >= 15 is 0 Å². The van der Waals surface area contributed by atoms with Gasteiger partial charge in [0.15, 0.2) is 0 Å². The lowest BCUT2D eigenvalue weighted by Gasteiger charge is -2.14. The minimum atomic E-state index is -0.324. The maximum Gasteiger partial charge on any atom is 0.315 e. The number of ether oxygens (including phenoxy) is 1. The standard InChI is InChI=1S/C17H18N2O3S/c1-21-16(15-9-12-5-2-3-7-14(12)22-15)11-19-17(20)18-10-13-6-4-8-23-13/h2-9,16H,10-11H2,1H3,(H2,18,19,20)/t16-/m0/s1. The Labute approximate surface area is 138 Å². The van der Waals surface area contributed by atoms with Gasteiger partial charge in [0.1, 0.15) is 17.4 Å². The molecule has 0 aliphatic heterocycles. The van der Waals surface area contributed by atoms with Crippen LogP contribution in [0.5, 0.6) is 0 Å². The first-order chi connectivity index (χ1) is 11.3. The van der Waals surface area contributed by atoms with Gasteiger partial charge in [-0.15, -0.1) is 11.3 Å². The Morgan fingerprint density at radius 2 is 2.13 bits per heavy atom. The van der Waals surface area contributed by atoms with E-state index in [-0.39, 0.29) is 12.1 Å². The van der Waals surface area contributed by atoms with E-state index in [1.165, 1.54) is 0 Å². The molecule has 0 radical (unpaired) electrons. The molecule has 2 aromatic heterocycles. The number of carbonyl (C=O) groups is 1. The summed E-state index contributed by atoms with van der Waals surface area (Å²) in [6.07, 6.45) is -0.324. The van der Waals surface area contributed by atoms with Crippen LogP contribution in [0.3, 0.4) is 0 Å². The first-order valence-corrected chi connectivity index (χ1v) is 8.19. The maximum atomic E-state index is 11.9. The lowest BCUT2D eigenvalue weighted by atomic mass is 10.2. The van der Waals surface area contributed by atoms with E-state index in [4.69, 9.17) is 9.15 Å². The summed E-state index contributed by atoms with van der Waals surface area (Å²) in [5.74, 6) is 0.701. The van der Waals surface area contributed by atoms with Gasteiger partial charge in [-0.1, -0.05) is 24.3 Å². The fraction of sp³-hybridized carbons (Fsp3) is 0.235. The van der Waals surface area contributed by atoms with E-state index in [9.17, 15) is 4.79 Å². The molecule has 1 atom stereocenters. The number of nitrogens with one attached hydrogen (secondary N) is 2. The molecule has 0 bridgehead atoms. The van der Waals surface area contributed by atoms with Gasteiger partial charge in [-0.05, 0) is 23.6 Å². The predicted octanol–water partition coefficient (Wildman–Crippen LogP) is 3.68. The van der Waals surface area contributed by atoms with E-state index < -0.39 is 0 Å². The smallest absolute Gasteiger partial charge is 0.315 e. The second-order valence-electron chi connectivity index (χ2n) is 5.05. The first kappa shape index (κ1) is 15.6. The van der Waals surface area contributed by atoms with E-state index in [1.54, 1.807) is 18.4 Å². The zero-order chi connectivity index (χ0) is 16.1. The molecule has 3 rings (SSSR count). The van der Waals surface area contributed by atoms with Crippen molar-refractivity contribution in [2.75, 3.05) is 13.7 Å². The average Bonchev–Trinajstić information content (AvgIpc) is 3.22. The van der Waals surface area contributed by atoms with Gasteiger partial charge in [0, 0.05) is 17.4 Å². The fourth-order valence-electron chi connectivity index (χ4n) is 2.29. The molecule has 120 valence electrons. The second kappa shape index (κ2) is 7.30. The van der Waals surface area contributed by atoms with E-state index in [0.717, 1.165) is 15.8 Å². The molecular formula is C17H18N2O3S. The molecule has 2 N–H and O–H groups in total. The molecule has 0 saturated carbocycles. The van der Waals surface area contributed by atoms with Gasteiger partial charge < -0.3 is 19.8 Å². The van der Waals surface area contributed by atoms with Crippen molar-refractivity contribution in [2.45, 2.75) is 12.6 Å². The van der Waals surface area contributed by atoms with Crippen molar-refractivity contribution >= 4 is 28.3 Å². The van der Waals surface area contributed by atoms with Crippen LogP contribution >= 0.6 is 11.3 Å². The molecule has 0 aliphatic rings. The monoisotopic (exact) mass is 330 g/mol. The van der Waals surface area contributed by atoms with Crippen LogP contribution in [0.25, 0.3) is 11.0 Å². The van der Waals surface area contributed by atoms with Crippen LogP contribution < -0.4 is 10.6 Å². The summed E-state index contributed by atoms with van der Waals surface area (Å²) >= 11 is 1.61. The van der Waals surface area contributed by atoms with Crippen LogP contribution in [0, 0.1) is 0 Å². The van der Waals surface area contributed by atoms with Crippen LogP contribution in [0.15, 0.2) is 52.3 Å². The Hall–Kier alpha value is -2.31. The zero-order valence-corrected chi connectivity index (χ0v) is 13.6. The number of hydrogen-bond donors (Lipinski definition) is 2. The molecule has 3 aromatic rings. The maximum absolute atomic E-state index is 11.9. The van der Waals surface area contributed by atoms with Crippen molar-refractivity contribution in [3.05, 3.63) is 58.5 Å². The Kier molecular flexibility index (Phi) is 4.95. The molecule has 2 heterocycles. The largest absolute Gasteiger partial charge is 0.458 e. The normalized spacial score (nSPS) is 12.2. The summed E-state index contributed by atoms with van der Waals surface area (Å²) in [6, 6.07) is 13.4. The van der Waals surface area contributed by atoms with Crippen LogP contribution in [-0.2, 0) is 11.3 Å². The number of amides is 2.